The third-order valence-electron chi connectivity index (χ3n) is 1.07. The van der Waals surface area contributed by atoms with Crippen LogP contribution in [0.15, 0.2) is 0 Å². The van der Waals surface area contributed by atoms with E-state index in [1.165, 1.54) is 0 Å². The minimum absolute atomic E-state index is 0.000000000000000222. The molecule has 0 spiro atoms. The zero-order valence-electron chi connectivity index (χ0n) is 5.72. The summed E-state index contributed by atoms with van der Waals surface area (Å²) in [5.74, 6) is -2.31. The standard InChI is InChI=1S/C5H4N2O4S/c8-3(9)1-2-4(5(10)11)12-7-6-2/h1H2,(H,8,9)(H,10,11). The second-order valence-corrected chi connectivity index (χ2v) is 2.68. The van der Waals surface area contributed by atoms with E-state index in [1.54, 1.807) is 0 Å². The molecule has 0 bridgehead atoms. The maximum absolute atomic E-state index is 10.4. The molecule has 0 unspecified atom stereocenters. The number of hydrogen-bond donors (Lipinski definition) is 2. The van der Waals surface area contributed by atoms with Gasteiger partial charge in [-0.05, 0) is 11.5 Å². The number of aromatic carboxylic acids is 1. The van der Waals surface area contributed by atoms with Crippen molar-refractivity contribution in [2.75, 3.05) is 0 Å². The van der Waals surface area contributed by atoms with Gasteiger partial charge in [0, 0.05) is 0 Å². The van der Waals surface area contributed by atoms with E-state index < -0.39 is 18.4 Å². The third-order valence-corrected chi connectivity index (χ3v) is 1.82. The molecule has 64 valence electrons. The SMILES string of the molecule is O=C(O)Cc1nnsc1C(=O)O. The van der Waals surface area contributed by atoms with E-state index in [-0.39, 0.29) is 10.6 Å². The van der Waals surface area contributed by atoms with Crippen LogP contribution in [-0.2, 0) is 11.2 Å². The van der Waals surface area contributed by atoms with Crippen molar-refractivity contribution in [1.29, 1.82) is 0 Å². The lowest BCUT2D eigenvalue weighted by Crippen LogP contribution is -2.05. The Bertz CT molecular complexity index is 321. The van der Waals surface area contributed by atoms with Gasteiger partial charge < -0.3 is 10.2 Å². The maximum atomic E-state index is 10.4. The van der Waals surface area contributed by atoms with Gasteiger partial charge in [-0.3, -0.25) is 4.79 Å². The first-order valence-electron chi connectivity index (χ1n) is 2.87. The van der Waals surface area contributed by atoms with Gasteiger partial charge in [0.15, 0.2) is 4.88 Å². The second kappa shape index (κ2) is 3.26. The van der Waals surface area contributed by atoms with E-state index in [0.717, 1.165) is 0 Å². The zero-order valence-corrected chi connectivity index (χ0v) is 6.54. The van der Waals surface area contributed by atoms with Crippen LogP contribution >= 0.6 is 11.5 Å². The summed E-state index contributed by atoms with van der Waals surface area (Å²) in [4.78, 5) is 20.5. The van der Waals surface area contributed by atoms with Crippen LogP contribution in [0.5, 0.6) is 0 Å². The average molecular weight is 188 g/mol. The molecule has 0 atom stereocenters. The molecule has 12 heavy (non-hydrogen) atoms. The molecule has 0 amide bonds. The van der Waals surface area contributed by atoms with Gasteiger partial charge in [-0.2, -0.15) is 0 Å². The molecule has 0 aliphatic heterocycles. The van der Waals surface area contributed by atoms with Crippen molar-refractivity contribution < 1.29 is 19.8 Å². The van der Waals surface area contributed by atoms with Gasteiger partial charge in [0.2, 0.25) is 0 Å². The van der Waals surface area contributed by atoms with Crippen LogP contribution in [0, 0.1) is 0 Å². The van der Waals surface area contributed by atoms with E-state index in [4.69, 9.17) is 10.2 Å². The molecule has 1 rings (SSSR count). The van der Waals surface area contributed by atoms with E-state index >= 15 is 0 Å². The summed E-state index contributed by atoms with van der Waals surface area (Å²) in [5.41, 5.74) is 0.000000000000000222. The Balaban J connectivity index is 2.91. The second-order valence-electron chi connectivity index (χ2n) is 1.92. The summed E-state index contributed by atoms with van der Waals surface area (Å²) < 4.78 is 3.34. The molecule has 0 aromatic carbocycles. The molecule has 1 aromatic heterocycles. The molecule has 0 aliphatic rings. The Kier molecular flexibility index (Phi) is 2.34. The van der Waals surface area contributed by atoms with E-state index in [2.05, 4.69) is 9.59 Å². The van der Waals surface area contributed by atoms with Gasteiger partial charge in [-0.1, -0.05) is 4.49 Å². The van der Waals surface area contributed by atoms with E-state index in [1.807, 2.05) is 0 Å². The topological polar surface area (TPSA) is 100 Å². The number of carbonyl (C=O) groups is 2. The number of aliphatic carboxylic acids is 1. The van der Waals surface area contributed by atoms with E-state index in [0.29, 0.717) is 11.5 Å². The van der Waals surface area contributed by atoms with Crippen molar-refractivity contribution in [3.8, 4) is 0 Å². The largest absolute Gasteiger partial charge is 0.481 e. The zero-order chi connectivity index (χ0) is 9.14. The maximum Gasteiger partial charge on any atom is 0.349 e. The molecular formula is C5H4N2O4S. The molecular weight excluding hydrogens is 184 g/mol. The van der Waals surface area contributed by atoms with Gasteiger partial charge in [0.25, 0.3) is 0 Å². The van der Waals surface area contributed by atoms with Crippen LogP contribution in [0.1, 0.15) is 15.4 Å². The molecule has 7 heteroatoms. The molecule has 0 saturated carbocycles. The normalized spacial score (nSPS) is 9.67. The van der Waals surface area contributed by atoms with Crippen molar-refractivity contribution in [1.82, 2.24) is 9.59 Å². The molecule has 6 nitrogen and oxygen atoms in total. The minimum Gasteiger partial charge on any atom is -0.481 e. The first kappa shape index (κ1) is 8.60. The molecule has 0 saturated heterocycles. The van der Waals surface area contributed by atoms with Gasteiger partial charge in [0.05, 0.1) is 6.42 Å². The van der Waals surface area contributed by atoms with Gasteiger partial charge in [-0.25, -0.2) is 4.79 Å². The Morgan fingerprint density at radius 3 is 2.58 bits per heavy atom. The molecule has 2 N–H and O–H groups in total. The van der Waals surface area contributed by atoms with Crippen LogP contribution in [0.3, 0.4) is 0 Å². The van der Waals surface area contributed by atoms with Crippen LogP contribution < -0.4 is 0 Å². The lowest BCUT2D eigenvalue weighted by molar-refractivity contribution is -0.136. The average Bonchev–Trinajstić information content (AvgIpc) is 2.33. The van der Waals surface area contributed by atoms with E-state index in [9.17, 15) is 9.59 Å². The summed E-state index contributed by atoms with van der Waals surface area (Å²) in [6.07, 6.45) is -0.405. The van der Waals surface area contributed by atoms with Crippen molar-refractivity contribution in [3.63, 3.8) is 0 Å². The minimum atomic E-state index is -1.19. The number of hydrogen-bond acceptors (Lipinski definition) is 5. The molecule has 1 heterocycles. The lowest BCUT2D eigenvalue weighted by Gasteiger charge is -1.90. The molecule has 1 aromatic rings. The quantitative estimate of drug-likeness (QED) is 0.684. The van der Waals surface area contributed by atoms with Gasteiger partial charge in [0.1, 0.15) is 5.69 Å². The third kappa shape index (κ3) is 1.76. The predicted molar refractivity (Wildman–Crippen MR) is 38.2 cm³/mol. The Morgan fingerprint density at radius 2 is 2.08 bits per heavy atom. The number of carboxylic acid groups (broad SMARTS) is 2. The highest BCUT2D eigenvalue weighted by molar-refractivity contribution is 7.07. The summed E-state index contributed by atoms with van der Waals surface area (Å²) >= 11 is 0.676. The first-order valence-corrected chi connectivity index (χ1v) is 3.65. The number of nitrogens with zero attached hydrogens (tertiary/aromatic N) is 2. The molecule has 0 radical (unpaired) electrons. The fraction of sp³-hybridized carbons (Fsp3) is 0.200. The Morgan fingerprint density at radius 1 is 1.42 bits per heavy atom. The van der Waals surface area contributed by atoms with Crippen LogP contribution in [-0.4, -0.2) is 31.7 Å². The van der Waals surface area contributed by atoms with Crippen molar-refractivity contribution >= 4 is 23.5 Å². The Hall–Kier alpha value is -1.50. The summed E-state index contributed by atoms with van der Waals surface area (Å²) in [5, 5.41) is 20.2. The number of aromatic nitrogens is 2. The number of rotatable bonds is 3. The Labute approximate surface area is 70.6 Å². The van der Waals surface area contributed by atoms with Crippen LogP contribution in [0.25, 0.3) is 0 Å². The molecule has 0 fully saturated rings. The number of carboxylic acids is 2. The predicted octanol–water partition coefficient (Wildman–Crippen LogP) is -0.137. The van der Waals surface area contributed by atoms with Crippen molar-refractivity contribution in [3.05, 3.63) is 10.6 Å². The monoisotopic (exact) mass is 188 g/mol. The van der Waals surface area contributed by atoms with Gasteiger partial charge >= 0.3 is 11.9 Å². The summed E-state index contributed by atoms with van der Waals surface area (Å²) in [6.45, 7) is 0. The van der Waals surface area contributed by atoms with Gasteiger partial charge in [-0.15, -0.1) is 5.10 Å². The lowest BCUT2D eigenvalue weighted by atomic mass is 10.3. The highest BCUT2D eigenvalue weighted by Gasteiger charge is 2.16. The van der Waals surface area contributed by atoms with Crippen LogP contribution in [0.2, 0.25) is 0 Å². The van der Waals surface area contributed by atoms with Crippen molar-refractivity contribution in [2.24, 2.45) is 0 Å². The highest BCUT2D eigenvalue weighted by atomic mass is 32.1. The summed E-state index contributed by atoms with van der Waals surface area (Å²) in [6, 6.07) is 0. The van der Waals surface area contributed by atoms with Crippen LogP contribution in [0.4, 0.5) is 0 Å². The molecule has 0 aliphatic carbocycles. The highest BCUT2D eigenvalue weighted by Crippen LogP contribution is 2.10. The summed E-state index contributed by atoms with van der Waals surface area (Å²) in [7, 11) is 0. The first-order chi connectivity index (χ1) is 5.61. The smallest absolute Gasteiger partial charge is 0.349 e. The van der Waals surface area contributed by atoms with Crippen molar-refractivity contribution in [2.45, 2.75) is 6.42 Å². The fourth-order valence-corrected chi connectivity index (χ4v) is 1.15. The fourth-order valence-electron chi connectivity index (χ4n) is 0.630.